The molecule has 1 rings (SSSR count). The SMILES string of the molecule is C=CC(=C)C(C)NNC(=O)CCCCNC.CC.CNC(=O)C(Cc1ccc(OC(C)(C)C)cc1)NC(=O)C(C)NC=O.COC(C)(C)C. The number of nitrogens with one attached hydrogen (secondary N) is 6. The van der Waals surface area contributed by atoms with Gasteiger partial charge < -0.3 is 30.7 Å². The van der Waals surface area contributed by atoms with Crippen molar-refractivity contribution in [3.8, 4) is 5.75 Å². The number of hydrogen-bond acceptors (Lipinski definition) is 8. The van der Waals surface area contributed by atoms with Crippen molar-refractivity contribution in [2.45, 2.75) is 124 Å². The minimum atomic E-state index is -0.734. The lowest BCUT2D eigenvalue weighted by atomic mass is 10.0. The highest BCUT2D eigenvalue weighted by atomic mass is 16.5. The van der Waals surface area contributed by atoms with Crippen LogP contribution in [0, 0.1) is 0 Å². The largest absolute Gasteiger partial charge is 0.488 e. The number of carbonyl (C=O) groups is 4. The second kappa shape index (κ2) is 28.1. The van der Waals surface area contributed by atoms with Crippen molar-refractivity contribution >= 4 is 24.1 Å². The summed E-state index contributed by atoms with van der Waals surface area (Å²) in [6.45, 7) is 27.8. The van der Waals surface area contributed by atoms with Crippen LogP contribution in [-0.2, 0) is 30.3 Å². The molecule has 0 aliphatic rings. The van der Waals surface area contributed by atoms with E-state index in [1.807, 2.05) is 93.6 Å². The molecule has 1 aromatic carbocycles. The van der Waals surface area contributed by atoms with Crippen LogP contribution in [0.2, 0.25) is 0 Å². The van der Waals surface area contributed by atoms with Crippen LogP contribution in [0.25, 0.3) is 0 Å². The van der Waals surface area contributed by atoms with E-state index in [-0.39, 0.29) is 29.1 Å². The van der Waals surface area contributed by atoms with Gasteiger partial charge in [0.15, 0.2) is 0 Å². The van der Waals surface area contributed by atoms with Gasteiger partial charge in [0.05, 0.1) is 5.60 Å². The Hall–Kier alpha value is -3.74. The zero-order valence-electron chi connectivity index (χ0n) is 32.6. The third-order valence-electron chi connectivity index (χ3n) is 6.32. The highest BCUT2D eigenvalue weighted by molar-refractivity contribution is 5.90. The van der Waals surface area contributed by atoms with Crippen molar-refractivity contribution in [2.24, 2.45) is 0 Å². The average Bonchev–Trinajstić information content (AvgIpc) is 3.05. The summed E-state index contributed by atoms with van der Waals surface area (Å²) in [5.41, 5.74) is 7.03. The van der Waals surface area contributed by atoms with Crippen LogP contribution in [0.3, 0.4) is 0 Å². The molecule has 4 amide bonds. The fourth-order valence-corrected chi connectivity index (χ4v) is 3.25. The number of unbranched alkanes of at least 4 members (excludes halogenated alkanes) is 1. The molecule has 282 valence electrons. The predicted molar refractivity (Wildman–Crippen MR) is 201 cm³/mol. The van der Waals surface area contributed by atoms with Gasteiger partial charge in [-0.3, -0.25) is 24.6 Å². The van der Waals surface area contributed by atoms with Crippen LogP contribution >= 0.6 is 0 Å². The first-order valence-corrected chi connectivity index (χ1v) is 16.9. The first-order valence-electron chi connectivity index (χ1n) is 16.9. The van der Waals surface area contributed by atoms with Crippen molar-refractivity contribution in [3.05, 3.63) is 54.6 Å². The molecule has 0 heterocycles. The number of rotatable bonds is 17. The molecule has 0 aromatic heterocycles. The molecule has 6 N–H and O–H groups in total. The lowest BCUT2D eigenvalue weighted by Gasteiger charge is -2.22. The summed E-state index contributed by atoms with van der Waals surface area (Å²) in [5, 5.41) is 10.6. The minimum absolute atomic E-state index is 0.0127. The molecule has 0 saturated heterocycles. The number of amides is 4. The zero-order valence-corrected chi connectivity index (χ0v) is 32.6. The minimum Gasteiger partial charge on any atom is -0.488 e. The summed E-state index contributed by atoms with van der Waals surface area (Å²) in [4.78, 5) is 45.9. The van der Waals surface area contributed by atoms with Crippen LogP contribution in [0.4, 0.5) is 0 Å². The van der Waals surface area contributed by atoms with Crippen molar-refractivity contribution < 1.29 is 28.7 Å². The van der Waals surface area contributed by atoms with Gasteiger partial charge in [-0.15, -0.1) is 0 Å². The van der Waals surface area contributed by atoms with Crippen molar-refractivity contribution in [3.63, 3.8) is 0 Å². The Balaban J connectivity index is -0.000000752. The maximum Gasteiger partial charge on any atom is 0.242 e. The van der Waals surface area contributed by atoms with Gasteiger partial charge >= 0.3 is 0 Å². The van der Waals surface area contributed by atoms with Crippen LogP contribution in [-0.4, -0.2) is 81.2 Å². The second-order valence-electron chi connectivity index (χ2n) is 12.8. The predicted octanol–water partition coefficient (Wildman–Crippen LogP) is 4.36. The quantitative estimate of drug-likeness (QED) is 0.0609. The van der Waals surface area contributed by atoms with E-state index in [2.05, 4.69) is 45.3 Å². The number of hydrogen-bond donors (Lipinski definition) is 6. The van der Waals surface area contributed by atoms with E-state index in [0.717, 1.165) is 36.3 Å². The summed E-state index contributed by atoms with van der Waals surface area (Å²) in [6, 6.07) is 5.94. The number of hydrazine groups is 1. The Bertz CT molecular complexity index is 1080. The van der Waals surface area contributed by atoms with E-state index in [9.17, 15) is 19.2 Å². The van der Waals surface area contributed by atoms with Crippen LogP contribution < -0.4 is 36.9 Å². The lowest BCUT2D eigenvalue weighted by molar-refractivity contribution is -0.130. The van der Waals surface area contributed by atoms with E-state index in [1.165, 1.54) is 7.05 Å². The Kier molecular flexibility index (Phi) is 28.5. The van der Waals surface area contributed by atoms with Crippen molar-refractivity contribution in [2.75, 3.05) is 27.7 Å². The average molecular weight is 693 g/mol. The van der Waals surface area contributed by atoms with Crippen LogP contribution in [0.1, 0.15) is 94.1 Å². The lowest BCUT2D eigenvalue weighted by Crippen LogP contribution is -2.52. The topological polar surface area (TPSA) is 159 Å². The van der Waals surface area contributed by atoms with E-state index in [4.69, 9.17) is 9.47 Å². The highest BCUT2D eigenvalue weighted by Crippen LogP contribution is 2.19. The van der Waals surface area contributed by atoms with Gasteiger partial charge in [0.25, 0.3) is 0 Å². The van der Waals surface area contributed by atoms with Crippen LogP contribution in [0.5, 0.6) is 5.75 Å². The maximum atomic E-state index is 12.0. The van der Waals surface area contributed by atoms with E-state index in [0.29, 0.717) is 19.3 Å². The van der Waals surface area contributed by atoms with E-state index in [1.54, 1.807) is 20.1 Å². The number of likely N-dealkylation sites (N-methyl/N-ethyl adjacent to an activating group) is 1. The zero-order chi connectivity index (χ0) is 38.6. The molecule has 0 aliphatic carbocycles. The molecule has 3 atom stereocenters. The summed E-state index contributed by atoms with van der Waals surface area (Å²) in [6.07, 6.45) is 4.91. The normalized spacial score (nSPS) is 12.3. The van der Waals surface area contributed by atoms with Gasteiger partial charge in [0.1, 0.15) is 23.4 Å². The molecule has 3 unspecified atom stereocenters. The summed E-state index contributed by atoms with van der Waals surface area (Å²) in [5.74, 6) is 0.0236. The molecule has 0 fully saturated rings. The number of methoxy groups -OCH3 is 1. The molecule has 0 aliphatic heterocycles. The monoisotopic (exact) mass is 693 g/mol. The molecule has 0 saturated carbocycles. The fraction of sp³-hybridized carbons (Fsp3) is 0.622. The van der Waals surface area contributed by atoms with Gasteiger partial charge in [0, 0.05) is 33.0 Å². The van der Waals surface area contributed by atoms with Gasteiger partial charge in [-0.2, -0.15) is 0 Å². The Morgan fingerprint density at radius 2 is 1.45 bits per heavy atom. The summed E-state index contributed by atoms with van der Waals surface area (Å²) >= 11 is 0. The third-order valence-corrected chi connectivity index (χ3v) is 6.32. The second-order valence-corrected chi connectivity index (χ2v) is 12.8. The Labute approximate surface area is 297 Å². The van der Waals surface area contributed by atoms with E-state index < -0.39 is 18.0 Å². The van der Waals surface area contributed by atoms with Gasteiger partial charge in [-0.25, -0.2) is 5.43 Å². The van der Waals surface area contributed by atoms with Crippen LogP contribution in [0.15, 0.2) is 49.1 Å². The molecule has 49 heavy (non-hydrogen) atoms. The summed E-state index contributed by atoms with van der Waals surface area (Å²) < 4.78 is 10.7. The molecule has 1 aromatic rings. The number of benzene rings is 1. The maximum absolute atomic E-state index is 12.0. The first-order chi connectivity index (χ1) is 22.8. The molecule has 12 nitrogen and oxygen atoms in total. The smallest absolute Gasteiger partial charge is 0.242 e. The van der Waals surface area contributed by atoms with Gasteiger partial charge in [-0.1, -0.05) is 45.2 Å². The number of carbonyl (C=O) groups excluding carboxylic acids is 4. The van der Waals surface area contributed by atoms with Gasteiger partial charge in [-0.05, 0) is 105 Å². The van der Waals surface area contributed by atoms with Crippen molar-refractivity contribution in [1.29, 1.82) is 0 Å². The summed E-state index contributed by atoms with van der Waals surface area (Å²) in [7, 11) is 5.12. The highest BCUT2D eigenvalue weighted by Gasteiger charge is 2.23. The first kappa shape index (κ1) is 49.6. The Morgan fingerprint density at radius 3 is 1.88 bits per heavy atom. The Morgan fingerprint density at radius 1 is 0.898 bits per heavy atom. The molecular weight excluding hydrogens is 624 g/mol. The van der Waals surface area contributed by atoms with Gasteiger partial charge in [0.2, 0.25) is 24.1 Å². The molecule has 12 heteroatoms. The third kappa shape index (κ3) is 28.9. The molecule has 0 bridgehead atoms. The van der Waals surface area contributed by atoms with E-state index >= 15 is 0 Å². The fourth-order valence-electron chi connectivity index (χ4n) is 3.25. The number of ether oxygens (including phenoxy) is 2. The van der Waals surface area contributed by atoms with Crippen molar-refractivity contribution in [1.82, 2.24) is 32.1 Å². The molecule has 0 radical (unpaired) electrons. The molecule has 0 spiro atoms. The standard InChI is InChI=1S/C18H27N3O4.C12H23N3O.C5H12O.C2H6/c1-12(20-11-22)16(23)21-15(17(24)19-5)10-13-6-8-14(9-7-13)25-18(2,3)4;1-5-10(2)11(3)14-15-12(16)8-6-7-9-13-4;1-5(2,3)6-4;1-2/h6-9,11-12,15H,10H2,1-5H3,(H,19,24)(H,20,22)(H,21,23);5,11,13-14H,1-2,6-9H2,3-4H3,(H,15,16);1-4H3;1-2H3. The molecular formula is C37H68N6O6.